The Morgan fingerprint density at radius 1 is 1.11 bits per heavy atom. The highest BCUT2D eigenvalue weighted by Gasteiger charge is 2.32. The fraction of sp³-hybridized carbons (Fsp3) is 0.214. The van der Waals surface area contributed by atoms with E-state index < -0.39 is 16.0 Å². The second kappa shape index (κ2) is 10.7. The number of sulfonamides is 1. The van der Waals surface area contributed by atoms with Crippen LogP contribution in [0.15, 0.2) is 70.4 Å². The highest BCUT2D eigenvalue weighted by atomic mass is 32.2. The molecule has 0 spiro atoms. The Bertz CT molecular complexity index is 1590. The number of ether oxygens (including phenoxy) is 1. The summed E-state index contributed by atoms with van der Waals surface area (Å²) in [5.41, 5.74) is 3.70. The Hall–Kier alpha value is -3.69. The van der Waals surface area contributed by atoms with E-state index in [0.717, 1.165) is 44.9 Å². The van der Waals surface area contributed by atoms with Crippen LogP contribution < -0.4 is 9.04 Å². The predicted octanol–water partition coefficient (Wildman–Crippen LogP) is 6.19. The van der Waals surface area contributed by atoms with Crippen LogP contribution in [-0.2, 0) is 21.4 Å². The minimum Gasteiger partial charge on any atom is -0.487 e. The van der Waals surface area contributed by atoms with Gasteiger partial charge in [-0.15, -0.1) is 11.3 Å². The monoisotopic (exact) mass is 536 g/mol. The summed E-state index contributed by atoms with van der Waals surface area (Å²) in [6.45, 7) is 7.55. The number of thiazole rings is 1. The van der Waals surface area contributed by atoms with Gasteiger partial charge in [-0.05, 0) is 73.4 Å². The molecule has 37 heavy (non-hydrogen) atoms. The normalized spacial score (nSPS) is 11.9. The number of aromatic nitrogens is 1. The largest absolute Gasteiger partial charge is 0.487 e. The summed E-state index contributed by atoms with van der Waals surface area (Å²) in [6.07, 6.45) is 2.63. The number of benzene rings is 3. The summed E-state index contributed by atoms with van der Waals surface area (Å²) in [5.74, 6) is -0.565. The zero-order valence-electron chi connectivity index (χ0n) is 21.0. The predicted molar refractivity (Wildman–Crippen MR) is 148 cm³/mol. The third-order valence-corrected chi connectivity index (χ3v) is 9.12. The third kappa shape index (κ3) is 5.84. The molecule has 1 heterocycles. The zero-order chi connectivity index (χ0) is 26.7. The molecule has 4 aromatic rings. The number of carboxylic acids is 1. The molecule has 1 N–H and O–H groups in total. The van der Waals surface area contributed by atoms with Crippen LogP contribution in [0.3, 0.4) is 0 Å². The van der Waals surface area contributed by atoms with Crippen molar-refractivity contribution in [1.82, 2.24) is 4.98 Å². The SMILES string of the molecule is Cc1csc(S(=O)(=O)N(c2cc3ccccc3cc2OCc2ccc(/C=C/C(=O)O)cc2C)C(C)C)n1. The highest BCUT2D eigenvalue weighted by molar-refractivity contribution is 7.94. The molecule has 4 rings (SSSR count). The Balaban J connectivity index is 1.75. The molecule has 0 fully saturated rings. The van der Waals surface area contributed by atoms with Gasteiger partial charge >= 0.3 is 5.97 Å². The van der Waals surface area contributed by atoms with Gasteiger partial charge in [0.15, 0.2) is 0 Å². The lowest BCUT2D eigenvalue weighted by Gasteiger charge is -2.29. The topological polar surface area (TPSA) is 96.8 Å². The number of carbonyl (C=O) groups is 1. The molecule has 0 aliphatic heterocycles. The maximum absolute atomic E-state index is 13.7. The first kappa shape index (κ1) is 26.4. The number of rotatable bonds is 9. The molecule has 0 unspecified atom stereocenters. The number of fused-ring (bicyclic) bond motifs is 1. The molecule has 192 valence electrons. The number of aliphatic carboxylic acids is 1. The van der Waals surface area contributed by atoms with Crippen molar-refractivity contribution in [2.45, 2.75) is 44.7 Å². The first-order chi connectivity index (χ1) is 17.6. The molecule has 0 saturated heterocycles. The number of carboxylic acid groups (broad SMARTS) is 1. The van der Waals surface area contributed by atoms with E-state index in [9.17, 15) is 13.2 Å². The molecule has 9 heteroatoms. The maximum atomic E-state index is 13.7. The van der Waals surface area contributed by atoms with Gasteiger partial charge in [0.05, 0.1) is 5.69 Å². The lowest BCUT2D eigenvalue weighted by Crippen LogP contribution is -2.37. The van der Waals surface area contributed by atoms with E-state index in [1.165, 1.54) is 10.4 Å². The quantitative estimate of drug-likeness (QED) is 0.256. The number of hydrogen-bond acceptors (Lipinski definition) is 6. The van der Waals surface area contributed by atoms with Gasteiger partial charge in [-0.3, -0.25) is 4.31 Å². The van der Waals surface area contributed by atoms with Crippen molar-refractivity contribution >= 4 is 49.9 Å². The molecule has 0 radical (unpaired) electrons. The second-order valence-corrected chi connectivity index (χ2v) is 11.8. The van der Waals surface area contributed by atoms with Gasteiger partial charge in [0.2, 0.25) is 4.34 Å². The Kier molecular flexibility index (Phi) is 7.65. The van der Waals surface area contributed by atoms with Crippen LogP contribution in [-0.4, -0.2) is 30.5 Å². The van der Waals surface area contributed by atoms with Crippen LogP contribution in [0.5, 0.6) is 5.75 Å². The fourth-order valence-electron chi connectivity index (χ4n) is 4.02. The molecule has 0 bridgehead atoms. The molecule has 7 nitrogen and oxygen atoms in total. The lowest BCUT2D eigenvalue weighted by molar-refractivity contribution is -0.131. The molecule has 0 aliphatic rings. The van der Waals surface area contributed by atoms with Crippen LogP contribution in [0.25, 0.3) is 16.8 Å². The third-order valence-electron chi connectivity index (χ3n) is 5.78. The van der Waals surface area contributed by atoms with Crippen LogP contribution in [0.4, 0.5) is 5.69 Å². The minimum absolute atomic E-state index is 0.0404. The number of hydrogen-bond donors (Lipinski definition) is 1. The Morgan fingerprint density at radius 3 is 2.41 bits per heavy atom. The molecule has 0 saturated carbocycles. The molecule has 1 aromatic heterocycles. The lowest BCUT2D eigenvalue weighted by atomic mass is 10.1. The number of nitrogens with zero attached hydrogens (tertiary/aromatic N) is 2. The van der Waals surface area contributed by atoms with Crippen molar-refractivity contribution in [2.75, 3.05) is 4.31 Å². The van der Waals surface area contributed by atoms with Crippen molar-refractivity contribution in [2.24, 2.45) is 0 Å². The van der Waals surface area contributed by atoms with Crippen LogP contribution in [0.1, 0.15) is 36.2 Å². The summed E-state index contributed by atoms with van der Waals surface area (Å²) in [7, 11) is -3.93. The summed E-state index contributed by atoms with van der Waals surface area (Å²) in [5, 5.41) is 12.4. The summed E-state index contributed by atoms with van der Waals surface area (Å²) in [4.78, 5) is 15.1. The van der Waals surface area contributed by atoms with E-state index in [1.807, 2.05) is 75.4 Å². The summed E-state index contributed by atoms with van der Waals surface area (Å²) in [6, 6.07) is 16.6. The molecule has 0 amide bonds. The van der Waals surface area contributed by atoms with Crippen molar-refractivity contribution in [3.63, 3.8) is 0 Å². The van der Waals surface area contributed by atoms with E-state index in [1.54, 1.807) is 12.3 Å². The smallest absolute Gasteiger partial charge is 0.328 e. The van der Waals surface area contributed by atoms with E-state index in [0.29, 0.717) is 17.1 Å². The van der Waals surface area contributed by atoms with Crippen molar-refractivity contribution in [3.05, 3.63) is 88.4 Å². The molecular formula is C28H28N2O5S2. The van der Waals surface area contributed by atoms with Gasteiger partial charge in [0.1, 0.15) is 12.4 Å². The Labute approximate surface area is 220 Å². The van der Waals surface area contributed by atoms with Crippen LogP contribution >= 0.6 is 11.3 Å². The van der Waals surface area contributed by atoms with Gasteiger partial charge in [-0.25, -0.2) is 9.78 Å². The standard InChI is InChI=1S/C28H28N2O5S2/c1-18(2)30(37(33,34)28-29-20(4)17-36-28)25-14-22-7-5-6-8-23(22)15-26(25)35-16-24-11-9-21(13-19(24)3)10-12-27(31)32/h5-15,17-18H,16H2,1-4H3,(H,31,32)/b12-10+. The summed E-state index contributed by atoms with van der Waals surface area (Å²) >= 11 is 1.10. The molecule has 0 aliphatic carbocycles. The van der Waals surface area contributed by atoms with E-state index in [2.05, 4.69) is 4.98 Å². The van der Waals surface area contributed by atoms with E-state index >= 15 is 0 Å². The van der Waals surface area contributed by atoms with Crippen LogP contribution in [0.2, 0.25) is 0 Å². The van der Waals surface area contributed by atoms with Gasteiger partial charge < -0.3 is 9.84 Å². The average Bonchev–Trinajstić information content (AvgIpc) is 3.29. The first-order valence-electron chi connectivity index (χ1n) is 11.7. The van der Waals surface area contributed by atoms with Gasteiger partial charge in [-0.2, -0.15) is 8.42 Å². The Morgan fingerprint density at radius 2 is 1.81 bits per heavy atom. The van der Waals surface area contributed by atoms with E-state index in [4.69, 9.17) is 9.84 Å². The first-order valence-corrected chi connectivity index (χ1v) is 14.0. The minimum atomic E-state index is -3.93. The summed E-state index contributed by atoms with van der Waals surface area (Å²) < 4.78 is 35.1. The zero-order valence-corrected chi connectivity index (χ0v) is 22.6. The van der Waals surface area contributed by atoms with Gasteiger partial charge in [0.25, 0.3) is 10.0 Å². The maximum Gasteiger partial charge on any atom is 0.328 e. The van der Waals surface area contributed by atoms with Crippen molar-refractivity contribution in [3.8, 4) is 5.75 Å². The van der Waals surface area contributed by atoms with E-state index in [-0.39, 0.29) is 17.0 Å². The van der Waals surface area contributed by atoms with Gasteiger partial charge in [0, 0.05) is 23.2 Å². The van der Waals surface area contributed by atoms with Crippen molar-refractivity contribution in [1.29, 1.82) is 0 Å². The molecule has 0 atom stereocenters. The van der Waals surface area contributed by atoms with Gasteiger partial charge in [-0.1, -0.05) is 42.5 Å². The number of aryl methyl sites for hydroxylation is 2. The molecule has 3 aromatic carbocycles. The fourth-order valence-corrected chi connectivity index (χ4v) is 6.80. The molecular weight excluding hydrogens is 508 g/mol. The van der Waals surface area contributed by atoms with Crippen LogP contribution in [0, 0.1) is 13.8 Å². The van der Waals surface area contributed by atoms with Crippen molar-refractivity contribution < 1.29 is 23.1 Å². The number of anilines is 1. The average molecular weight is 537 g/mol. The second-order valence-electron chi connectivity index (χ2n) is 8.96. The highest BCUT2D eigenvalue weighted by Crippen LogP contribution is 2.38.